The predicted octanol–water partition coefficient (Wildman–Crippen LogP) is 2.38. The van der Waals surface area contributed by atoms with Crippen LogP contribution in [0.2, 0.25) is 0 Å². The van der Waals surface area contributed by atoms with Gasteiger partial charge in [0.15, 0.2) is 0 Å². The number of nitrogens with two attached hydrogens (primary N) is 1. The molecule has 1 amide bonds. The Morgan fingerprint density at radius 3 is 2.38 bits per heavy atom. The maximum Gasteiger partial charge on any atom is 0.224 e. The quantitative estimate of drug-likeness (QED) is 0.709. The van der Waals surface area contributed by atoms with Gasteiger partial charge in [-0.05, 0) is 32.9 Å². The minimum Gasteiger partial charge on any atom is -0.354 e. The first kappa shape index (κ1) is 18.4. The number of carbonyl (C=O) groups excluding carboxylic acids is 1. The standard InChI is InChI=1S/C17H35N3O/c1-5-13(6-2)16(20(3)4)12-19-17(21)14-10-8-7-9-11-15(14)18/h13-16H,5-12,18H2,1-4H3,(H,19,21). The lowest BCUT2D eigenvalue weighted by molar-refractivity contribution is -0.126. The Morgan fingerprint density at radius 2 is 1.81 bits per heavy atom. The summed E-state index contributed by atoms with van der Waals surface area (Å²) in [5, 5.41) is 3.18. The monoisotopic (exact) mass is 297 g/mol. The number of hydrogen-bond donors (Lipinski definition) is 2. The van der Waals surface area contributed by atoms with Crippen LogP contribution in [-0.4, -0.2) is 43.5 Å². The predicted molar refractivity (Wildman–Crippen MR) is 89.1 cm³/mol. The van der Waals surface area contributed by atoms with Crippen molar-refractivity contribution < 1.29 is 4.79 Å². The maximum absolute atomic E-state index is 12.5. The molecule has 0 heterocycles. The van der Waals surface area contributed by atoms with E-state index in [9.17, 15) is 4.79 Å². The zero-order chi connectivity index (χ0) is 15.8. The first-order chi connectivity index (χ1) is 10.0. The van der Waals surface area contributed by atoms with Crippen molar-refractivity contribution >= 4 is 5.91 Å². The molecule has 0 aromatic heterocycles. The second-order valence-corrected chi connectivity index (χ2v) is 6.76. The molecule has 0 aromatic carbocycles. The Morgan fingerprint density at radius 1 is 1.19 bits per heavy atom. The SMILES string of the molecule is CCC(CC)C(CNC(=O)C1CCCCCC1N)N(C)C. The van der Waals surface area contributed by atoms with Crippen molar-refractivity contribution in [2.24, 2.45) is 17.6 Å². The maximum atomic E-state index is 12.5. The molecule has 0 bridgehead atoms. The van der Waals surface area contributed by atoms with Gasteiger partial charge in [0.05, 0.1) is 5.92 Å². The van der Waals surface area contributed by atoms with Crippen molar-refractivity contribution in [2.45, 2.75) is 70.9 Å². The van der Waals surface area contributed by atoms with Crippen molar-refractivity contribution in [3.63, 3.8) is 0 Å². The molecule has 3 unspecified atom stereocenters. The Bertz CT molecular complexity index is 302. The summed E-state index contributed by atoms with van der Waals surface area (Å²) in [6.45, 7) is 5.20. The zero-order valence-corrected chi connectivity index (χ0v) is 14.4. The van der Waals surface area contributed by atoms with E-state index in [4.69, 9.17) is 5.73 Å². The minimum atomic E-state index is 0.0111. The first-order valence-electron chi connectivity index (χ1n) is 8.70. The molecule has 3 atom stereocenters. The number of rotatable bonds is 7. The van der Waals surface area contributed by atoms with Gasteiger partial charge in [0.2, 0.25) is 5.91 Å². The minimum absolute atomic E-state index is 0.0111. The molecule has 1 fully saturated rings. The summed E-state index contributed by atoms with van der Waals surface area (Å²) in [6.07, 6.45) is 7.75. The summed E-state index contributed by atoms with van der Waals surface area (Å²) >= 11 is 0. The molecule has 0 aliphatic heterocycles. The molecule has 4 heteroatoms. The Kier molecular flexibility index (Phi) is 8.27. The number of nitrogens with one attached hydrogen (secondary N) is 1. The van der Waals surface area contributed by atoms with Gasteiger partial charge in [0.25, 0.3) is 0 Å². The van der Waals surface area contributed by atoms with Crippen LogP contribution in [0.5, 0.6) is 0 Å². The average Bonchev–Trinajstić information content (AvgIpc) is 2.67. The molecular weight excluding hydrogens is 262 g/mol. The van der Waals surface area contributed by atoms with E-state index in [2.05, 4.69) is 38.2 Å². The van der Waals surface area contributed by atoms with E-state index in [0.717, 1.165) is 38.6 Å². The van der Waals surface area contributed by atoms with E-state index < -0.39 is 0 Å². The number of carbonyl (C=O) groups is 1. The van der Waals surface area contributed by atoms with E-state index in [1.54, 1.807) is 0 Å². The van der Waals surface area contributed by atoms with E-state index >= 15 is 0 Å². The zero-order valence-electron chi connectivity index (χ0n) is 14.4. The molecule has 1 aliphatic rings. The van der Waals surface area contributed by atoms with E-state index in [1.165, 1.54) is 12.8 Å². The van der Waals surface area contributed by atoms with Crippen molar-refractivity contribution in [1.29, 1.82) is 0 Å². The number of nitrogens with zero attached hydrogens (tertiary/aromatic N) is 1. The van der Waals surface area contributed by atoms with Gasteiger partial charge >= 0.3 is 0 Å². The van der Waals surface area contributed by atoms with Gasteiger partial charge in [0, 0.05) is 18.6 Å². The van der Waals surface area contributed by atoms with Gasteiger partial charge < -0.3 is 16.0 Å². The summed E-state index contributed by atoms with van der Waals surface area (Å²) in [6, 6.07) is 0.449. The van der Waals surface area contributed by atoms with E-state index in [-0.39, 0.29) is 17.9 Å². The van der Waals surface area contributed by atoms with Crippen LogP contribution < -0.4 is 11.1 Å². The fourth-order valence-corrected chi connectivity index (χ4v) is 3.60. The first-order valence-corrected chi connectivity index (χ1v) is 8.70. The van der Waals surface area contributed by atoms with Crippen LogP contribution in [0, 0.1) is 11.8 Å². The Balaban J connectivity index is 2.55. The lowest BCUT2D eigenvalue weighted by atomic mass is 9.92. The topological polar surface area (TPSA) is 58.4 Å². The Labute approximate surface area is 130 Å². The molecule has 1 aliphatic carbocycles. The van der Waals surface area contributed by atoms with Crippen LogP contribution in [0.4, 0.5) is 0 Å². The largest absolute Gasteiger partial charge is 0.354 e. The van der Waals surface area contributed by atoms with Gasteiger partial charge in [-0.3, -0.25) is 4.79 Å². The number of amides is 1. The van der Waals surface area contributed by atoms with Gasteiger partial charge in [-0.15, -0.1) is 0 Å². The molecule has 124 valence electrons. The fourth-order valence-electron chi connectivity index (χ4n) is 3.60. The van der Waals surface area contributed by atoms with Crippen LogP contribution in [0.15, 0.2) is 0 Å². The van der Waals surface area contributed by atoms with Gasteiger partial charge in [0.1, 0.15) is 0 Å². The van der Waals surface area contributed by atoms with Crippen LogP contribution in [0.3, 0.4) is 0 Å². The van der Waals surface area contributed by atoms with Crippen LogP contribution in [-0.2, 0) is 4.79 Å². The summed E-state index contributed by atoms with van der Waals surface area (Å²) < 4.78 is 0. The van der Waals surface area contributed by atoms with Gasteiger partial charge in [-0.1, -0.05) is 46.0 Å². The molecular formula is C17H35N3O. The molecule has 0 aromatic rings. The summed E-state index contributed by atoms with van der Waals surface area (Å²) in [4.78, 5) is 14.7. The molecule has 0 radical (unpaired) electrons. The second-order valence-electron chi connectivity index (χ2n) is 6.76. The molecule has 0 saturated heterocycles. The Hall–Kier alpha value is -0.610. The third kappa shape index (κ3) is 5.59. The molecule has 21 heavy (non-hydrogen) atoms. The van der Waals surface area contributed by atoms with Crippen molar-refractivity contribution in [1.82, 2.24) is 10.2 Å². The normalized spacial score (nSPS) is 24.9. The summed E-state index contributed by atoms with van der Waals surface area (Å²) in [5.74, 6) is 0.808. The average molecular weight is 297 g/mol. The molecule has 0 spiro atoms. The third-order valence-electron chi connectivity index (χ3n) is 5.15. The molecule has 1 saturated carbocycles. The fraction of sp³-hybridized carbons (Fsp3) is 0.941. The highest BCUT2D eigenvalue weighted by atomic mass is 16.1. The number of likely N-dealkylation sites (N-methyl/N-ethyl adjacent to an activating group) is 1. The lowest BCUT2D eigenvalue weighted by Crippen LogP contribution is -2.48. The van der Waals surface area contributed by atoms with Crippen LogP contribution >= 0.6 is 0 Å². The second kappa shape index (κ2) is 9.42. The van der Waals surface area contributed by atoms with Crippen molar-refractivity contribution in [3.05, 3.63) is 0 Å². The highest BCUT2D eigenvalue weighted by molar-refractivity contribution is 5.79. The van der Waals surface area contributed by atoms with E-state index in [0.29, 0.717) is 12.0 Å². The lowest BCUT2D eigenvalue weighted by Gasteiger charge is -2.32. The highest BCUT2D eigenvalue weighted by Crippen LogP contribution is 2.23. The van der Waals surface area contributed by atoms with E-state index in [1.807, 2.05) is 0 Å². The third-order valence-corrected chi connectivity index (χ3v) is 5.15. The smallest absolute Gasteiger partial charge is 0.224 e. The molecule has 1 rings (SSSR count). The van der Waals surface area contributed by atoms with Gasteiger partial charge in [-0.25, -0.2) is 0 Å². The molecule has 4 nitrogen and oxygen atoms in total. The molecule has 3 N–H and O–H groups in total. The van der Waals surface area contributed by atoms with Crippen molar-refractivity contribution in [3.8, 4) is 0 Å². The summed E-state index contributed by atoms with van der Waals surface area (Å²) in [7, 11) is 4.21. The summed E-state index contributed by atoms with van der Waals surface area (Å²) in [5.41, 5.74) is 6.19. The van der Waals surface area contributed by atoms with Crippen LogP contribution in [0.25, 0.3) is 0 Å². The van der Waals surface area contributed by atoms with Gasteiger partial charge in [-0.2, -0.15) is 0 Å². The highest BCUT2D eigenvalue weighted by Gasteiger charge is 2.28. The van der Waals surface area contributed by atoms with Crippen LogP contribution in [0.1, 0.15) is 58.8 Å². The van der Waals surface area contributed by atoms with Crippen molar-refractivity contribution in [2.75, 3.05) is 20.6 Å². The number of hydrogen-bond acceptors (Lipinski definition) is 3.